The first kappa shape index (κ1) is 13.6. The number of aliphatic hydroxyl groups excluding tert-OH is 1. The average molecular weight is 257 g/mol. The molecule has 1 unspecified atom stereocenters. The molecule has 0 amide bonds. The van der Waals surface area contributed by atoms with Gasteiger partial charge >= 0.3 is 0 Å². The molecular weight excluding hydrogens is 238 g/mol. The summed E-state index contributed by atoms with van der Waals surface area (Å²) in [6, 6.07) is 9.85. The largest absolute Gasteiger partial charge is 0.457 e. The quantitative estimate of drug-likeness (QED) is 0.883. The Kier molecular flexibility index (Phi) is 4.53. The number of benzene rings is 1. The van der Waals surface area contributed by atoms with Gasteiger partial charge in [0.05, 0.1) is 6.61 Å². The summed E-state index contributed by atoms with van der Waals surface area (Å²) in [6.07, 6.45) is 4.39. The number of aromatic nitrogens is 1. The van der Waals surface area contributed by atoms with E-state index in [0.29, 0.717) is 17.2 Å². The van der Waals surface area contributed by atoms with Crippen molar-refractivity contribution in [3.8, 4) is 11.5 Å². The second-order valence-corrected chi connectivity index (χ2v) is 4.62. The Balaban J connectivity index is 2.15. The fraction of sp³-hybridized carbons (Fsp3) is 0.312. The standard InChI is InChI=1S/C16H19NO2/c1-3-12(2)13-4-6-15(7-5-13)19-16-8-9-17-10-14(16)11-18/h4-10,12,18H,3,11H2,1-2H3. The van der Waals surface area contributed by atoms with Crippen LogP contribution in [0.25, 0.3) is 0 Å². The van der Waals surface area contributed by atoms with E-state index in [1.54, 1.807) is 18.5 Å². The van der Waals surface area contributed by atoms with Gasteiger partial charge in [0.2, 0.25) is 0 Å². The van der Waals surface area contributed by atoms with Gasteiger partial charge in [-0.1, -0.05) is 26.0 Å². The molecular formula is C16H19NO2. The van der Waals surface area contributed by atoms with Gasteiger partial charge < -0.3 is 9.84 Å². The van der Waals surface area contributed by atoms with Gasteiger partial charge in [-0.15, -0.1) is 0 Å². The van der Waals surface area contributed by atoms with Gasteiger partial charge in [-0.25, -0.2) is 0 Å². The van der Waals surface area contributed by atoms with Crippen molar-refractivity contribution >= 4 is 0 Å². The SMILES string of the molecule is CCC(C)c1ccc(Oc2ccncc2CO)cc1. The van der Waals surface area contributed by atoms with Crippen LogP contribution >= 0.6 is 0 Å². The number of ether oxygens (including phenoxy) is 1. The lowest BCUT2D eigenvalue weighted by Gasteiger charge is -2.12. The van der Waals surface area contributed by atoms with E-state index in [0.717, 1.165) is 12.2 Å². The molecule has 0 spiro atoms. The highest BCUT2D eigenvalue weighted by Crippen LogP contribution is 2.27. The van der Waals surface area contributed by atoms with Crippen molar-refractivity contribution in [2.45, 2.75) is 32.8 Å². The second kappa shape index (κ2) is 6.34. The third-order valence-electron chi connectivity index (χ3n) is 3.32. The molecule has 0 aliphatic heterocycles. The topological polar surface area (TPSA) is 42.4 Å². The minimum Gasteiger partial charge on any atom is -0.457 e. The molecule has 0 fully saturated rings. The molecule has 1 aromatic heterocycles. The lowest BCUT2D eigenvalue weighted by molar-refractivity contribution is 0.276. The van der Waals surface area contributed by atoms with Crippen molar-refractivity contribution in [1.82, 2.24) is 4.98 Å². The molecule has 0 aliphatic carbocycles. The Hall–Kier alpha value is -1.87. The van der Waals surface area contributed by atoms with Crippen molar-refractivity contribution < 1.29 is 9.84 Å². The van der Waals surface area contributed by atoms with Gasteiger partial charge in [0, 0.05) is 18.0 Å². The normalized spacial score (nSPS) is 12.2. The molecule has 100 valence electrons. The van der Waals surface area contributed by atoms with E-state index >= 15 is 0 Å². The van der Waals surface area contributed by atoms with Crippen LogP contribution in [0.2, 0.25) is 0 Å². The van der Waals surface area contributed by atoms with E-state index in [1.165, 1.54) is 5.56 Å². The molecule has 2 aromatic rings. The van der Waals surface area contributed by atoms with E-state index < -0.39 is 0 Å². The monoisotopic (exact) mass is 257 g/mol. The predicted molar refractivity (Wildman–Crippen MR) is 75.4 cm³/mol. The molecule has 2 rings (SSSR count). The lowest BCUT2D eigenvalue weighted by atomic mass is 9.99. The molecule has 1 N–H and O–H groups in total. The van der Waals surface area contributed by atoms with Crippen LogP contribution in [0.1, 0.15) is 37.3 Å². The van der Waals surface area contributed by atoms with E-state index in [-0.39, 0.29) is 6.61 Å². The molecule has 0 radical (unpaired) electrons. The molecule has 1 heterocycles. The molecule has 3 nitrogen and oxygen atoms in total. The lowest BCUT2D eigenvalue weighted by Crippen LogP contribution is -1.94. The van der Waals surface area contributed by atoms with E-state index in [4.69, 9.17) is 4.74 Å². The van der Waals surface area contributed by atoms with Crippen LogP contribution in [-0.4, -0.2) is 10.1 Å². The first-order valence-electron chi connectivity index (χ1n) is 6.56. The molecule has 3 heteroatoms. The number of rotatable bonds is 5. The van der Waals surface area contributed by atoms with Crippen LogP contribution in [0, 0.1) is 0 Å². The van der Waals surface area contributed by atoms with Gasteiger partial charge in [0.1, 0.15) is 11.5 Å². The summed E-state index contributed by atoms with van der Waals surface area (Å²) < 4.78 is 5.77. The zero-order valence-corrected chi connectivity index (χ0v) is 11.3. The van der Waals surface area contributed by atoms with Crippen LogP contribution in [-0.2, 0) is 6.61 Å². The maximum Gasteiger partial charge on any atom is 0.136 e. The van der Waals surface area contributed by atoms with Crippen molar-refractivity contribution in [2.75, 3.05) is 0 Å². The minimum absolute atomic E-state index is 0.0753. The molecule has 1 atom stereocenters. The maximum atomic E-state index is 9.23. The van der Waals surface area contributed by atoms with Gasteiger partial charge in [-0.3, -0.25) is 4.98 Å². The Bertz CT molecular complexity index is 523. The number of hydrogen-bond acceptors (Lipinski definition) is 3. The minimum atomic E-state index is -0.0753. The van der Waals surface area contributed by atoms with Gasteiger partial charge in [0.15, 0.2) is 0 Å². The summed E-state index contributed by atoms with van der Waals surface area (Å²) in [4.78, 5) is 3.97. The predicted octanol–water partition coefficient (Wildman–Crippen LogP) is 3.88. The Labute approximate surface area is 113 Å². The summed E-state index contributed by atoms with van der Waals surface area (Å²) in [6.45, 7) is 4.32. The van der Waals surface area contributed by atoms with Crippen molar-refractivity contribution in [2.24, 2.45) is 0 Å². The summed E-state index contributed by atoms with van der Waals surface area (Å²) in [5, 5.41) is 9.23. The summed E-state index contributed by atoms with van der Waals surface area (Å²) in [5.41, 5.74) is 2.00. The number of nitrogens with zero attached hydrogens (tertiary/aromatic N) is 1. The Morgan fingerprint density at radius 3 is 2.58 bits per heavy atom. The summed E-state index contributed by atoms with van der Waals surface area (Å²) in [7, 11) is 0. The first-order valence-corrected chi connectivity index (χ1v) is 6.56. The molecule has 19 heavy (non-hydrogen) atoms. The Morgan fingerprint density at radius 1 is 1.21 bits per heavy atom. The van der Waals surface area contributed by atoms with Gasteiger partial charge in [-0.2, -0.15) is 0 Å². The van der Waals surface area contributed by atoms with Crippen LogP contribution < -0.4 is 4.74 Å². The highest BCUT2D eigenvalue weighted by molar-refractivity contribution is 5.37. The van der Waals surface area contributed by atoms with E-state index in [1.807, 2.05) is 12.1 Å². The summed E-state index contributed by atoms with van der Waals surface area (Å²) >= 11 is 0. The number of pyridine rings is 1. The van der Waals surface area contributed by atoms with Crippen LogP contribution in [0.4, 0.5) is 0 Å². The summed E-state index contributed by atoms with van der Waals surface area (Å²) in [5.74, 6) is 1.98. The van der Waals surface area contributed by atoms with E-state index in [2.05, 4.69) is 31.0 Å². The molecule has 0 aliphatic rings. The highest BCUT2D eigenvalue weighted by atomic mass is 16.5. The zero-order valence-electron chi connectivity index (χ0n) is 11.3. The molecule has 1 aromatic carbocycles. The maximum absolute atomic E-state index is 9.23. The van der Waals surface area contributed by atoms with Gasteiger partial charge in [0.25, 0.3) is 0 Å². The third-order valence-corrected chi connectivity index (χ3v) is 3.32. The molecule has 0 bridgehead atoms. The fourth-order valence-corrected chi connectivity index (χ4v) is 1.86. The highest BCUT2D eigenvalue weighted by Gasteiger charge is 2.06. The first-order chi connectivity index (χ1) is 9.24. The van der Waals surface area contributed by atoms with Crippen LogP contribution in [0.15, 0.2) is 42.7 Å². The smallest absolute Gasteiger partial charge is 0.136 e. The number of hydrogen-bond donors (Lipinski definition) is 1. The van der Waals surface area contributed by atoms with Crippen LogP contribution in [0.5, 0.6) is 11.5 Å². The van der Waals surface area contributed by atoms with Crippen LogP contribution in [0.3, 0.4) is 0 Å². The zero-order chi connectivity index (χ0) is 13.7. The molecule has 0 saturated heterocycles. The van der Waals surface area contributed by atoms with E-state index in [9.17, 15) is 5.11 Å². The van der Waals surface area contributed by atoms with Crippen molar-refractivity contribution in [3.63, 3.8) is 0 Å². The average Bonchev–Trinajstić information content (AvgIpc) is 2.48. The van der Waals surface area contributed by atoms with Crippen molar-refractivity contribution in [1.29, 1.82) is 0 Å². The fourth-order valence-electron chi connectivity index (χ4n) is 1.86. The molecule has 0 saturated carbocycles. The second-order valence-electron chi connectivity index (χ2n) is 4.62. The van der Waals surface area contributed by atoms with Crippen molar-refractivity contribution in [3.05, 3.63) is 53.9 Å². The number of aliphatic hydroxyl groups is 1. The Morgan fingerprint density at radius 2 is 1.95 bits per heavy atom. The van der Waals surface area contributed by atoms with Gasteiger partial charge in [-0.05, 0) is 36.1 Å². The third kappa shape index (κ3) is 3.32.